The lowest BCUT2D eigenvalue weighted by Gasteiger charge is -2.17. The van der Waals surface area contributed by atoms with Gasteiger partial charge in [0.05, 0.1) is 27.3 Å². The van der Waals surface area contributed by atoms with Crippen LogP contribution in [-0.2, 0) is 0 Å². The number of fused-ring (bicyclic) bond motifs is 1. The van der Waals surface area contributed by atoms with Crippen LogP contribution < -0.4 is 4.90 Å². The maximum absolute atomic E-state index is 12.5. The number of benzene rings is 2. The molecule has 0 saturated carbocycles. The zero-order valence-electron chi connectivity index (χ0n) is 11.6. The predicted octanol–water partition coefficient (Wildman–Crippen LogP) is 3.13. The van der Waals surface area contributed by atoms with Crippen molar-refractivity contribution in [2.45, 2.75) is 0 Å². The van der Waals surface area contributed by atoms with Gasteiger partial charge in [0.25, 0.3) is 17.3 Å². The number of nitro groups is 2. The van der Waals surface area contributed by atoms with Gasteiger partial charge >= 0.3 is 0 Å². The number of amides is 1. The van der Waals surface area contributed by atoms with Crippen LogP contribution in [0.25, 0.3) is 5.70 Å². The number of non-ortho nitro benzene ring substituents is 2. The second-order valence-corrected chi connectivity index (χ2v) is 4.85. The summed E-state index contributed by atoms with van der Waals surface area (Å²) in [6.45, 7) is 3.82. The Morgan fingerprint density at radius 2 is 1.43 bits per heavy atom. The zero-order valence-corrected chi connectivity index (χ0v) is 11.6. The topological polar surface area (TPSA) is 107 Å². The molecule has 0 N–H and O–H groups in total. The Morgan fingerprint density at radius 1 is 0.913 bits per heavy atom. The molecule has 1 heterocycles. The van der Waals surface area contributed by atoms with Crippen LogP contribution in [0.3, 0.4) is 0 Å². The Balaban J connectivity index is 2.16. The van der Waals surface area contributed by atoms with Gasteiger partial charge in [-0.05, 0) is 6.07 Å². The standard InChI is InChI=1S/C15H9N3O5/c1-9-13-4-2-3-5-14(13)15(19)16(9)10-6-11(17(20)21)8-12(7-10)18(22)23/h2-8H,1H2. The molecule has 0 fully saturated rings. The second-order valence-electron chi connectivity index (χ2n) is 4.85. The molecule has 0 radical (unpaired) electrons. The summed E-state index contributed by atoms with van der Waals surface area (Å²) in [5.41, 5.74) is 0.410. The first-order chi connectivity index (χ1) is 10.9. The molecule has 8 nitrogen and oxygen atoms in total. The van der Waals surface area contributed by atoms with E-state index in [0.717, 1.165) is 23.1 Å². The largest absolute Gasteiger partial charge is 0.278 e. The van der Waals surface area contributed by atoms with Gasteiger partial charge in [-0.1, -0.05) is 24.8 Å². The molecule has 114 valence electrons. The van der Waals surface area contributed by atoms with Crippen molar-refractivity contribution in [3.8, 4) is 0 Å². The van der Waals surface area contributed by atoms with Crippen molar-refractivity contribution < 1.29 is 14.6 Å². The van der Waals surface area contributed by atoms with E-state index in [2.05, 4.69) is 6.58 Å². The summed E-state index contributed by atoms with van der Waals surface area (Å²) in [5, 5.41) is 22.0. The van der Waals surface area contributed by atoms with Gasteiger partial charge < -0.3 is 0 Å². The summed E-state index contributed by atoms with van der Waals surface area (Å²) in [6, 6.07) is 9.79. The van der Waals surface area contributed by atoms with Gasteiger partial charge in [0.1, 0.15) is 0 Å². The second kappa shape index (κ2) is 5.02. The quantitative estimate of drug-likeness (QED) is 0.639. The van der Waals surface area contributed by atoms with E-state index >= 15 is 0 Å². The molecule has 23 heavy (non-hydrogen) atoms. The van der Waals surface area contributed by atoms with Gasteiger partial charge in [0, 0.05) is 23.3 Å². The number of carbonyl (C=O) groups excluding carboxylic acids is 1. The van der Waals surface area contributed by atoms with Crippen molar-refractivity contribution in [2.24, 2.45) is 0 Å². The highest BCUT2D eigenvalue weighted by atomic mass is 16.6. The molecule has 0 aromatic heterocycles. The summed E-state index contributed by atoms with van der Waals surface area (Å²) in [4.78, 5) is 34.1. The zero-order chi connectivity index (χ0) is 16.7. The van der Waals surface area contributed by atoms with Gasteiger partial charge in [0.15, 0.2) is 0 Å². The highest BCUT2D eigenvalue weighted by molar-refractivity contribution is 6.22. The lowest BCUT2D eigenvalue weighted by molar-refractivity contribution is -0.394. The summed E-state index contributed by atoms with van der Waals surface area (Å²) >= 11 is 0. The Hall–Kier alpha value is -3.55. The van der Waals surface area contributed by atoms with Gasteiger partial charge in [-0.2, -0.15) is 0 Å². The van der Waals surface area contributed by atoms with Crippen LogP contribution in [-0.4, -0.2) is 15.8 Å². The summed E-state index contributed by atoms with van der Waals surface area (Å²) in [5.74, 6) is -0.430. The van der Waals surface area contributed by atoms with Crippen LogP contribution in [0, 0.1) is 20.2 Å². The van der Waals surface area contributed by atoms with Crippen LogP contribution in [0.2, 0.25) is 0 Å². The lowest BCUT2D eigenvalue weighted by Crippen LogP contribution is -2.22. The predicted molar refractivity (Wildman–Crippen MR) is 82.0 cm³/mol. The van der Waals surface area contributed by atoms with E-state index in [1.807, 2.05) is 0 Å². The number of hydrogen-bond acceptors (Lipinski definition) is 5. The third-order valence-electron chi connectivity index (χ3n) is 3.51. The van der Waals surface area contributed by atoms with Crippen molar-refractivity contribution in [3.63, 3.8) is 0 Å². The van der Waals surface area contributed by atoms with Crippen molar-refractivity contribution in [3.05, 3.63) is 80.4 Å². The molecule has 1 amide bonds. The third-order valence-corrected chi connectivity index (χ3v) is 3.51. The average Bonchev–Trinajstić information content (AvgIpc) is 2.79. The number of nitro benzene ring substituents is 2. The fourth-order valence-electron chi connectivity index (χ4n) is 2.48. The van der Waals surface area contributed by atoms with Crippen LogP contribution >= 0.6 is 0 Å². The third kappa shape index (κ3) is 2.22. The molecular weight excluding hydrogens is 302 g/mol. The minimum atomic E-state index is -0.743. The van der Waals surface area contributed by atoms with Crippen molar-refractivity contribution in [1.29, 1.82) is 0 Å². The van der Waals surface area contributed by atoms with Crippen LogP contribution in [0.5, 0.6) is 0 Å². The number of rotatable bonds is 3. The minimum absolute atomic E-state index is 0.0390. The highest BCUT2D eigenvalue weighted by Crippen LogP contribution is 2.38. The van der Waals surface area contributed by atoms with E-state index in [1.54, 1.807) is 24.3 Å². The summed E-state index contributed by atoms with van der Waals surface area (Å²) < 4.78 is 0. The fraction of sp³-hybridized carbons (Fsp3) is 0. The van der Waals surface area contributed by atoms with Crippen molar-refractivity contribution >= 4 is 28.7 Å². The van der Waals surface area contributed by atoms with Crippen molar-refractivity contribution in [2.75, 3.05) is 4.90 Å². The Morgan fingerprint density at radius 3 is 1.91 bits per heavy atom. The van der Waals surface area contributed by atoms with Gasteiger partial charge in [0.2, 0.25) is 0 Å². The normalized spacial score (nSPS) is 13.1. The van der Waals surface area contributed by atoms with Crippen molar-refractivity contribution in [1.82, 2.24) is 0 Å². The summed E-state index contributed by atoms with van der Waals surface area (Å²) in [6.07, 6.45) is 0. The monoisotopic (exact) mass is 311 g/mol. The van der Waals surface area contributed by atoms with E-state index in [9.17, 15) is 25.0 Å². The van der Waals surface area contributed by atoms with E-state index in [1.165, 1.54) is 0 Å². The molecule has 0 bridgehead atoms. The lowest BCUT2D eigenvalue weighted by atomic mass is 10.1. The van der Waals surface area contributed by atoms with E-state index < -0.39 is 27.1 Å². The maximum atomic E-state index is 12.5. The summed E-state index contributed by atoms with van der Waals surface area (Å²) in [7, 11) is 0. The van der Waals surface area contributed by atoms with Gasteiger partial charge in [-0.3, -0.25) is 29.9 Å². The van der Waals surface area contributed by atoms with E-state index in [-0.39, 0.29) is 5.69 Å². The first-order valence-corrected chi connectivity index (χ1v) is 6.47. The SMILES string of the molecule is C=C1c2ccccc2C(=O)N1c1cc([N+](=O)[O-])cc([N+](=O)[O-])c1. The molecule has 1 aliphatic rings. The smallest absolute Gasteiger partial charge is 0.276 e. The first kappa shape index (κ1) is 14.4. The number of anilines is 1. The first-order valence-electron chi connectivity index (χ1n) is 6.47. The molecule has 2 aromatic carbocycles. The van der Waals surface area contributed by atoms with Crippen LogP contribution in [0.1, 0.15) is 15.9 Å². The Kier molecular flexibility index (Phi) is 3.14. The minimum Gasteiger partial charge on any atom is -0.276 e. The number of hydrogen-bond donors (Lipinski definition) is 0. The molecule has 3 rings (SSSR count). The van der Waals surface area contributed by atoms with Gasteiger partial charge in [-0.25, -0.2) is 0 Å². The molecular formula is C15H9N3O5. The van der Waals surface area contributed by atoms with Crippen LogP contribution in [0.4, 0.5) is 17.1 Å². The molecule has 8 heteroatoms. The molecule has 0 aliphatic carbocycles. The van der Waals surface area contributed by atoms with E-state index in [4.69, 9.17) is 0 Å². The molecule has 0 saturated heterocycles. The Bertz CT molecular complexity index is 823. The number of nitrogens with zero attached hydrogens (tertiary/aromatic N) is 3. The molecule has 1 aliphatic heterocycles. The molecule has 2 aromatic rings. The van der Waals surface area contributed by atoms with Gasteiger partial charge in [-0.15, -0.1) is 0 Å². The highest BCUT2D eigenvalue weighted by Gasteiger charge is 2.33. The molecule has 0 atom stereocenters. The molecule has 0 spiro atoms. The molecule has 0 unspecified atom stereocenters. The van der Waals surface area contributed by atoms with E-state index in [0.29, 0.717) is 16.8 Å². The van der Waals surface area contributed by atoms with Crippen LogP contribution in [0.15, 0.2) is 49.0 Å². The Labute approximate surface area is 129 Å². The average molecular weight is 311 g/mol. The fourth-order valence-corrected chi connectivity index (χ4v) is 2.48. The maximum Gasteiger partial charge on any atom is 0.278 e. The number of carbonyl (C=O) groups is 1.